The van der Waals surface area contributed by atoms with Gasteiger partial charge in [-0.3, -0.25) is 4.57 Å². The zero-order valence-corrected chi connectivity index (χ0v) is 24.4. The molecule has 7 heteroatoms. The summed E-state index contributed by atoms with van der Waals surface area (Å²) in [5.41, 5.74) is 3.81. The van der Waals surface area contributed by atoms with Gasteiger partial charge >= 0.3 is 0 Å². The number of benzene rings is 6. The average Bonchev–Trinajstić information content (AvgIpc) is 3.72. The number of rotatable bonds is 1. The van der Waals surface area contributed by atoms with Gasteiger partial charge in [0.15, 0.2) is 16.6 Å². The summed E-state index contributed by atoms with van der Waals surface area (Å²) in [6, 6.07) is 37.9. The molecule has 0 saturated carbocycles. The van der Waals surface area contributed by atoms with Crippen LogP contribution in [0, 0.1) is 11.3 Å². The minimum absolute atomic E-state index is 0.228. The van der Waals surface area contributed by atoms with E-state index in [0.29, 0.717) is 28.2 Å². The zero-order valence-electron chi connectivity index (χ0n) is 22.8. The lowest BCUT2D eigenvalue weighted by Crippen LogP contribution is -2.00. The summed E-state index contributed by atoms with van der Waals surface area (Å²) in [5, 5.41) is 20.2. The molecule has 0 aliphatic heterocycles. The molecule has 6 aromatic carbocycles. The highest BCUT2D eigenvalue weighted by Gasteiger charge is 2.25. The van der Waals surface area contributed by atoms with Crippen molar-refractivity contribution in [1.82, 2.24) is 14.5 Å². The molecule has 0 unspecified atom stereocenters. The first-order chi connectivity index (χ1) is 21.7. The Labute approximate surface area is 257 Å². The molecule has 10 aromatic rings. The van der Waals surface area contributed by atoms with Crippen LogP contribution in [-0.2, 0) is 0 Å². The highest BCUT2D eigenvalue weighted by molar-refractivity contribution is 7.27. The topological polar surface area (TPSA) is 67.6 Å². The van der Waals surface area contributed by atoms with Gasteiger partial charge in [-0.2, -0.15) is 10.2 Å². The summed E-state index contributed by atoms with van der Waals surface area (Å²) < 4.78 is 10.6. The second kappa shape index (κ2) is 8.55. The van der Waals surface area contributed by atoms with E-state index in [9.17, 15) is 5.26 Å². The molecule has 0 radical (unpaired) electrons. The quantitative estimate of drug-likeness (QED) is 0.188. The van der Waals surface area contributed by atoms with E-state index in [4.69, 9.17) is 21.0 Å². The molecule has 0 bridgehead atoms. The molecule has 0 spiro atoms. The highest BCUT2D eigenvalue weighted by atomic mass is 35.5. The largest absolute Gasteiger partial charge is 0.435 e. The molecule has 0 aliphatic rings. The number of thiophene rings is 1. The maximum Gasteiger partial charge on any atom is 0.247 e. The molecular weight excluding hydrogens is 584 g/mol. The third-order valence-corrected chi connectivity index (χ3v) is 10.1. The molecule has 0 amide bonds. The van der Waals surface area contributed by atoms with E-state index in [1.165, 1.54) is 41.7 Å². The molecule has 0 aliphatic carbocycles. The van der Waals surface area contributed by atoms with Gasteiger partial charge in [0.2, 0.25) is 5.71 Å². The molecule has 204 valence electrons. The molecule has 0 fully saturated rings. The predicted molar refractivity (Wildman–Crippen MR) is 181 cm³/mol. The minimum atomic E-state index is 0.228. The summed E-state index contributed by atoms with van der Waals surface area (Å²) in [6.45, 7) is 0. The van der Waals surface area contributed by atoms with Gasteiger partial charge in [0.1, 0.15) is 11.6 Å². The third kappa shape index (κ3) is 3.02. The second-order valence-corrected chi connectivity index (χ2v) is 12.4. The van der Waals surface area contributed by atoms with Crippen LogP contribution in [-0.4, -0.2) is 14.5 Å². The number of halogens is 1. The van der Waals surface area contributed by atoms with Crippen molar-refractivity contribution in [3.63, 3.8) is 0 Å². The van der Waals surface area contributed by atoms with E-state index >= 15 is 0 Å². The fourth-order valence-corrected chi connectivity index (χ4v) is 8.37. The van der Waals surface area contributed by atoms with E-state index in [2.05, 4.69) is 94.5 Å². The lowest BCUT2D eigenvalue weighted by atomic mass is 9.98. The van der Waals surface area contributed by atoms with Crippen molar-refractivity contribution < 1.29 is 4.42 Å². The summed E-state index contributed by atoms with van der Waals surface area (Å²) in [5.74, 6) is 0.523. The molecule has 0 N–H and O–H groups in total. The standard InChI is InChI=1S/C37H17ClN4OS/c38-35-36(40-31-25-14-7-10-21(18-39)33(25)43-37(31)41-35)42-27-15-6-5-13-24(27)29-22-11-3-4-12-23(22)30-26-16-19-8-1-2-9-20(19)17-28(26)44-34(30)32(29)42/h1-17H. The van der Waals surface area contributed by atoms with Gasteiger partial charge in [-0.05, 0) is 51.9 Å². The van der Waals surface area contributed by atoms with E-state index < -0.39 is 0 Å². The number of hydrogen-bond acceptors (Lipinski definition) is 5. The normalized spacial score (nSPS) is 12.2. The van der Waals surface area contributed by atoms with Crippen LogP contribution in [0.2, 0.25) is 5.15 Å². The Bertz CT molecular complexity index is 2930. The Morgan fingerprint density at radius 1 is 0.727 bits per heavy atom. The third-order valence-electron chi connectivity index (χ3n) is 8.72. The fraction of sp³-hybridized carbons (Fsp3) is 0. The SMILES string of the molecule is N#Cc1cccc2c1oc1nc(Cl)c(-n3c4ccccc4c4c5ccccc5c5c6cc7ccccc7cc6sc5c43)nc12. The number of furan rings is 1. The van der Waals surface area contributed by atoms with Crippen LogP contribution >= 0.6 is 22.9 Å². The van der Waals surface area contributed by atoms with Crippen LogP contribution in [0.5, 0.6) is 0 Å². The molecule has 4 aromatic heterocycles. The highest BCUT2D eigenvalue weighted by Crippen LogP contribution is 2.49. The van der Waals surface area contributed by atoms with Crippen LogP contribution in [0.4, 0.5) is 0 Å². The van der Waals surface area contributed by atoms with E-state index in [-0.39, 0.29) is 5.15 Å². The fourth-order valence-electron chi connectivity index (χ4n) is 6.88. The van der Waals surface area contributed by atoms with E-state index in [1.807, 2.05) is 18.2 Å². The van der Waals surface area contributed by atoms with Gasteiger partial charge in [-0.15, -0.1) is 11.3 Å². The molecule has 0 atom stereocenters. The maximum atomic E-state index is 9.69. The van der Waals surface area contributed by atoms with Gasteiger partial charge in [0.25, 0.3) is 0 Å². The average molecular weight is 601 g/mol. The Hall–Kier alpha value is -5.48. The van der Waals surface area contributed by atoms with Gasteiger partial charge < -0.3 is 4.42 Å². The van der Waals surface area contributed by atoms with Crippen molar-refractivity contribution in [2.24, 2.45) is 0 Å². The molecule has 10 rings (SSSR count). The molecule has 0 saturated heterocycles. The van der Waals surface area contributed by atoms with Crippen molar-refractivity contribution in [1.29, 1.82) is 5.26 Å². The number of hydrogen-bond donors (Lipinski definition) is 0. The Kier molecular flexibility index (Phi) is 4.66. The summed E-state index contributed by atoms with van der Waals surface area (Å²) in [6.07, 6.45) is 0. The molecular formula is C37H17ClN4OS. The first-order valence-corrected chi connectivity index (χ1v) is 15.4. The Morgan fingerprint density at radius 3 is 2.25 bits per heavy atom. The van der Waals surface area contributed by atoms with Crippen LogP contribution in [0.25, 0.3) is 91.5 Å². The number of nitriles is 1. The Morgan fingerprint density at radius 2 is 1.43 bits per heavy atom. The lowest BCUT2D eigenvalue weighted by molar-refractivity contribution is 0.651. The minimum Gasteiger partial charge on any atom is -0.435 e. The monoisotopic (exact) mass is 600 g/mol. The van der Waals surface area contributed by atoms with Gasteiger partial charge in [-0.25, -0.2) is 4.98 Å². The number of aromatic nitrogens is 3. The number of nitrogens with zero attached hydrogens (tertiary/aromatic N) is 4. The first-order valence-electron chi connectivity index (χ1n) is 14.2. The number of para-hydroxylation sites is 2. The van der Waals surface area contributed by atoms with Gasteiger partial charge in [0, 0.05) is 26.2 Å². The lowest BCUT2D eigenvalue weighted by Gasteiger charge is -2.10. The smallest absolute Gasteiger partial charge is 0.247 e. The van der Waals surface area contributed by atoms with Crippen molar-refractivity contribution >= 4 is 109 Å². The van der Waals surface area contributed by atoms with Crippen molar-refractivity contribution in [3.8, 4) is 11.9 Å². The summed E-state index contributed by atoms with van der Waals surface area (Å²) in [4.78, 5) is 9.83. The zero-order chi connectivity index (χ0) is 29.1. The van der Waals surface area contributed by atoms with Gasteiger partial charge in [-0.1, -0.05) is 84.4 Å². The van der Waals surface area contributed by atoms with Crippen molar-refractivity contribution in [3.05, 3.63) is 114 Å². The predicted octanol–water partition coefficient (Wildman–Crippen LogP) is 10.7. The second-order valence-electron chi connectivity index (χ2n) is 11.0. The summed E-state index contributed by atoms with van der Waals surface area (Å²) in [7, 11) is 0. The maximum absolute atomic E-state index is 9.69. The molecule has 4 heterocycles. The van der Waals surface area contributed by atoms with E-state index in [1.54, 1.807) is 17.4 Å². The van der Waals surface area contributed by atoms with Crippen LogP contribution in [0.3, 0.4) is 0 Å². The van der Waals surface area contributed by atoms with Crippen LogP contribution in [0.15, 0.2) is 108 Å². The van der Waals surface area contributed by atoms with Crippen molar-refractivity contribution in [2.45, 2.75) is 0 Å². The van der Waals surface area contributed by atoms with E-state index in [0.717, 1.165) is 27.2 Å². The van der Waals surface area contributed by atoms with Crippen molar-refractivity contribution in [2.75, 3.05) is 0 Å². The number of fused-ring (bicyclic) bond motifs is 14. The molecule has 44 heavy (non-hydrogen) atoms. The summed E-state index contributed by atoms with van der Waals surface area (Å²) >= 11 is 8.80. The molecule has 5 nitrogen and oxygen atoms in total. The van der Waals surface area contributed by atoms with Crippen LogP contribution in [0.1, 0.15) is 5.56 Å². The van der Waals surface area contributed by atoms with Crippen LogP contribution < -0.4 is 0 Å². The Balaban J connectivity index is 1.45. The first kappa shape index (κ1) is 24.0. The van der Waals surface area contributed by atoms with Gasteiger partial charge in [0.05, 0.1) is 26.7 Å².